The zero-order chi connectivity index (χ0) is 11.9. The molecule has 2 saturated carbocycles. The van der Waals surface area contributed by atoms with Crippen LogP contribution in [-0.4, -0.2) is 5.71 Å². The van der Waals surface area contributed by atoms with Gasteiger partial charge in [-0.15, -0.1) is 0 Å². The van der Waals surface area contributed by atoms with Crippen molar-refractivity contribution in [3.8, 4) is 0 Å². The molecule has 1 aromatic carbocycles. The Morgan fingerprint density at radius 3 is 2.59 bits per heavy atom. The smallest absolute Gasteiger partial charge is 0.0639 e. The predicted octanol–water partition coefficient (Wildman–Crippen LogP) is 4.08. The molecule has 2 fully saturated rings. The van der Waals surface area contributed by atoms with Crippen molar-refractivity contribution in [2.24, 2.45) is 22.2 Å². The number of fused-ring (bicyclic) bond motifs is 2. The highest BCUT2D eigenvalue weighted by molar-refractivity contribution is 5.94. The van der Waals surface area contributed by atoms with E-state index in [-0.39, 0.29) is 0 Å². The fraction of sp³-hybridized carbons (Fsp3) is 0.562. The van der Waals surface area contributed by atoms with E-state index in [0.717, 1.165) is 18.4 Å². The normalized spacial score (nSPS) is 32.2. The van der Waals surface area contributed by atoms with Gasteiger partial charge >= 0.3 is 0 Å². The molecule has 17 heavy (non-hydrogen) atoms. The molecule has 1 aromatic rings. The predicted molar refractivity (Wildman–Crippen MR) is 72.2 cm³/mol. The van der Waals surface area contributed by atoms with Gasteiger partial charge in [-0.05, 0) is 36.7 Å². The third-order valence-corrected chi connectivity index (χ3v) is 4.77. The second-order valence-corrected chi connectivity index (χ2v) is 6.12. The van der Waals surface area contributed by atoms with Crippen molar-refractivity contribution in [1.82, 2.24) is 0 Å². The molecule has 0 aliphatic heterocycles. The van der Waals surface area contributed by atoms with Crippen molar-refractivity contribution in [2.75, 3.05) is 0 Å². The van der Waals surface area contributed by atoms with E-state index in [1.807, 2.05) is 0 Å². The first-order valence-corrected chi connectivity index (χ1v) is 6.76. The van der Waals surface area contributed by atoms with E-state index in [1.165, 1.54) is 30.5 Å². The molecule has 0 spiro atoms. The first-order chi connectivity index (χ1) is 8.18. The summed E-state index contributed by atoms with van der Waals surface area (Å²) in [4.78, 5) is 4.95. The maximum Gasteiger partial charge on any atom is 0.0639 e. The van der Waals surface area contributed by atoms with Gasteiger partial charge < -0.3 is 0 Å². The van der Waals surface area contributed by atoms with E-state index in [2.05, 4.69) is 44.2 Å². The van der Waals surface area contributed by atoms with Crippen molar-refractivity contribution in [3.63, 3.8) is 0 Å². The Bertz CT molecular complexity index is 430. The molecule has 0 radical (unpaired) electrons. The molecule has 0 N–H and O–H groups in total. The first-order valence-electron chi connectivity index (χ1n) is 6.76. The Morgan fingerprint density at radius 2 is 1.94 bits per heavy atom. The summed E-state index contributed by atoms with van der Waals surface area (Å²) in [6, 6.07) is 10.6. The van der Waals surface area contributed by atoms with Gasteiger partial charge in [0.25, 0.3) is 0 Å². The molecular formula is C16H21N. The monoisotopic (exact) mass is 227 g/mol. The Balaban J connectivity index is 1.80. The third kappa shape index (κ3) is 1.82. The fourth-order valence-corrected chi connectivity index (χ4v) is 3.71. The van der Waals surface area contributed by atoms with Crippen LogP contribution < -0.4 is 0 Å². The van der Waals surface area contributed by atoms with Crippen LogP contribution in [0.15, 0.2) is 35.3 Å². The lowest BCUT2D eigenvalue weighted by molar-refractivity contribution is 0.333. The molecule has 2 bridgehead atoms. The zero-order valence-electron chi connectivity index (χ0n) is 10.8. The SMILES string of the molecule is CC1(C)C(=NCc2ccccc2)C2CCC1C2. The first kappa shape index (κ1) is 11.0. The highest BCUT2D eigenvalue weighted by Gasteiger charge is 2.49. The number of aliphatic imine (C=N–C) groups is 1. The van der Waals surface area contributed by atoms with E-state index in [4.69, 9.17) is 4.99 Å². The van der Waals surface area contributed by atoms with Gasteiger partial charge in [-0.25, -0.2) is 0 Å². The molecule has 0 aromatic heterocycles. The largest absolute Gasteiger partial charge is 0.289 e. The molecular weight excluding hydrogens is 206 g/mol. The molecule has 3 rings (SSSR count). The molecule has 0 amide bonds. The van der Waals surface area contributed by atoms with Crippen LogP contribution in [0.1, 0.15) is 38.7 Å². The Kier molecular flexibility index (Phi) is 2.57. The number of benzene rings is 1. The van der Waals surface area contributed by atoms with Crippen molar-refractivity contribution in [3.05, 3.63) is 35.9 Å². The van der Waals surface area contributed by atoms with Gasteiger partial charge in [0.1, 0.15) is 0 Å². The molecule has 0 saturated heterocycles. The summed E-state index contributed by atoms with van der Waals surface area (Å²) < 4.78 is 0. The molecule has 2 aliphatic carbocycles. The van der Waals surface area contributed by atoms with E-state index in [1.54, 1.807) is 0 Å². The molecule has 2 unspecified atom stereocenters. The number of hydrogen-bond donors (Lipinski definition) is 0. The highest BCUT2D eigenvalue weighted by Crippen LogP contribution is 2.53. The quantitative estimate of drug-likeness (QED) is 0.721. The van der Waals surface area contributed by atoms with Gasteiger partial charge in [0.2, 0.25) is 0 Å². The second-order valence-electron chi connectivity index (χ2n) is 6.12. The van der Waals surface area contributed by atoms with Gasteiger partial charge in [-0.1, -0.05) is 44.2 Å². The van der Waals surface area contributed by atoms with Gasteiger partial charge in [0.05, 0.1) is 6.54 Å². The summed E-state index contributed by atoms with van der Waals surface area (Å²) in [5.41, 5.74) is 3.19. The minimum atomic E-state index is 0.359. The van der Waals surface area contributed by atoms with E-state index in [0.29, 0.717) is 5.41 Å². The van der Waals surface area contributed by atoms with Crippen molar-refractivity contribution in [2.45, 2.75) is 39.7 Å². The third-order valence-electron chi connectivity index (χ3n) is 4.77. The lowest BCUT2D eigenvalue weighted by Gasteiger charge is -2.31. The van der Waals surface area contributed by atoms with Crippen LogP contribution in [0.4, 0.5) is 0 Å². The van der Waals surface area contributed by atoms with Gasteiger partial charge in [0, 0.05) is 11.1 Å². The second kappa shape index (κ2) is 3.97. The summed E-state index contributed by atoms with van der Waals surface area (Å²) in [5.74, 6) is 1.68. The summed E-state index contributed by atoms with van der Waals surface area (Å²) in [6.45, 7) is 5.64. The average molecular weight is 227 g/mol. The topological polar surface area (TPSA) is 12.4 Å². The minimum absolute atomic E-state index is 0.359. The minimum Gasteiger partial charge on any atom is -0.289 e. The van der Waals surface area contributed by atoms with Crippen LogP contribution >= 0.6 is 0 Å². The van der Waals surface area contributed by atoms with Gasteiger partial charge in [-0.2, -0.15) is 0 Å². The molecule has 1 heteroatoms. The molecule has 1 nitrogen and oxygen atoms in total. The number of nitrogens with zero attached hydrogens (tertiary/aromatic N) is 1. The summed E-state index contributed by atoms with van der Waals surface area (Å²) in [6.07, 6.45) is 4.18. The lowest BCUT2D eigenvalue weighted by Crippen LogP contribution is -2.31. The van der Waals surface area contributed by atoms with E-state index in [9.17, 15) is 0 Å². The van der Waals surface area contributed by atoms with Gasteiger partial charge in [-0.3, -0.25) is 4.99 Å². The van der Waals surface area contributed by atoms with E-state index < -0.39 is 0 Å². The maximum atomic E-state index is 4.95. The zero-order valence-corrected chi connectivity index (χ0v) is 10.8. The maximum absolute atomic E-state index is 4.95. The lowest BCUT2D eigenvalue weighted by atomic mass is 9.75. The van der Waals surface area contributed by atoms with Crippen molar-refractivity contribution < 1.29 is 0 Å². The van der Waals surface area contributed by atoms with Gasteiger partial charge in [0.15, 0.2) is 0 Å². The standard InChI is InChI=1S/C16H21N/c1-16(2)14-9-8-13(10-14)15(16)17-11-12-6-4-3-5-7-12/h3-7,13-14H,8-11H2,1-2H3. The number of hydrogen-bond acceptors (Lipinski definition) is 1. The average Bonchev–Trinajstić information content (AvgIpc) is 2.87. The van der Waals surface area contributed by atoms with Crippen LogP contribution in [0.5, 0.6) is 0 Å². The molecule has 2 aliphatic rings. The molecule has 90 valence electrons. The Labute approximate surface area is 104 Å². The van der Waals surface area contributed by atoms with Crippen LogP contribution in [-0.2, 0) is 6.54 Å². The van der Waals surface area contributed by atoms with Crippen LogP contribution in [0.2, 0.25) is 0 Å². The highest BCUT2D eigenvalue weighted by atomic mass is 14.8. The van der Waals surface area contributed by atoms with Crippen LogP contribution in [0.3, 0.4) is 0 Å². The Morgan fingerprint density at radius 1 is 1.18 bits per heavy atom. The Hall–Kier alpha value is -1.11. The fourth-order valence-electron chi connectivity index (χ4n) is 3.71. The number of rotatable bonds is 2. The van der Waals surface area contributed by atoms with Crippen molar-refractivity contribution >= 4 is 5.71 Å². The van der Waals surface area contributed by atoms with E-state index >= 15 is 0 Å². The molecule has 0 heterocycles. The molecule has 2 atom stereocenters. The van der Waals surface area contributed by atoms with Crippen LogP contribution in [0.25, 0.3) is 0 Å². The van der Waals surface area contributed by atoms with Crippen molar-refractivity contribution in [1.29, 1.82) is 0 Å². The summed E-state index contributed by atoms with van der Waals surface area (Å²) in [5, 5.41) is 0. The summed E-state index contributed by atoms with van der Waals surface area (Å²) >= 11 is 0. The summed E-state index contributed by atoms with van der Waals surface area (Å²) in [7, 11) is 0. The van der Waals surface area contributed by atoms with Crippen LogP contribution in [0, 0.1) is 17.3 Å².